The highest BCUT2D eigenvalue weighted by molar-refractivity contribution is 5.95. The Bertz CT molecular complexity index is 1320. The Balaban J connectivity index is 0.000000672. The van der Waals surface area contributed by atoms with Crippen LogP contribution in [0.4, 0.5) is 15.9 Å². The lowest BCUT2D eigenvalue weighted by molar-refractivity contribution is -0.126. The molecule has 0 spiro atoms. The van der Waals surface area contributed by atoms with Gasteiger partial charge >= 0.3 is 0 Å². The summed E-state index contributed by atoms with van der Waals surface area (Å²) in [6.07, 6.45) is 3.21. The maximum atomic E-state index is 15.1. The number of pyridine rings is 1. The molecule has 3 heterocycles. The quantitative estimate of drug-likeness (QED) is 0.448. The number of nitrogen functional groups attached to an aromatic ring is 1. The Hall–Kier alpha value is -4.11. The van der Waals surface area contributed by atoms with Crippen LogP contribution >= 0.6 is 0 Å². The molecule has 0 aliphatic carbocycles. The van der Waals surface area contributed by atoms with E-state index in [1.165, 1.54) is 13.4 Å². The predicted molar refractivity (Wildman–Crippen MR) is 135 cm³/mol. The Morgan fingerprint density at radius 1 is 0.943 bits per heavy atom. The number of hydrogen-bond donors (Lipinski definition) is 1. The van der Waals surface area contributed by atoms with Gasteiger partial charge in [0.1, 0.15) is 18.0 Å². The number of fused-ring (bicyclic) bond motifs is 1. The van der Waals surface area contributed by atoms with Gasteiger partial charge in [-0.05, 0) is 54.6 Å². The first kappa shape index (κ1) is 24.0. The molecule has 0 atom stereocenters. The van der Waals surface area contributed by atoms with Gasteiger partial charge in [-0.15, -0.1) is 0 Å². The van der Waals surface area contributed by atoms with Crippen molar-refractivity contribution in [1.82, 2.24) is 19.9 Å². The first-order valence-electron chi connectivity index (χ1n) is 11.2. The summed E-state index contributed by atoms with van der Waals surface area (Å²) in [5, 5.41) is 0.863. The number of ether oxygens (including phenoxy) is 1. The minimum Gasteiger partial charge on any atom is -0.471 e. The standard InChI is InChI=1S/C24H23FN6.C2H4O2/c1-30-8-10-31(11-9-30)22-5-3-18(13-20(22)25)24-19-12-16(2-4-21(19)28-15-29-24)17-6-7-27-23(26)14-17;1-4-2-3/h2-7,12-15H,8-11H2,1H3,(H2,26,27);2H,1H3. The van der Waals surface area contributed by atoms with E-state index in [4.69, 9.17) is 10.5 Å². The number of aromatic nitrogens is 3. The zero-order chi connectivity index (χ0) is 24.8. The third-order valence-corrected chi connectivity index (χ3v) is 5.91. The lowest BCUT2D eigenvalue weighted by Crippen LogP contribution is -2.44. The maximum absolute atomic E-state index is 15.1. The first-order valence-corrected chi connectivity index (χ1v) is 11.2. The Labute approximate surface area is 203 Å². The summed E-state index contributed by atoms with van der Waals surface area (Å²) >= 11 is 0. The summed E-state index contributed by atoms with van der Waals surface area (Å²) in [6.45, 7) is 3.88. The van der Waals surface area contributed by atoms with Crippen molar-refractivity contribution >= 4 is 28.9 Å². The highest BCUT2D eigenvalue weighted by atomic mass is 19.1. The van der Waals surface area contributed by atoms with E-state index in [2.05, 4.69) is 36.5 Å². The van der Waals surface area contributed by atoms with Gasteiger partial charge in [0.2, 0.25) is 0 Å². The van der Waals surface area contributed by atoms with Crippen LogP contribution in [0.5, 0.6) is 0 Å². The second-order valence-electron chi connectivity index (χ2n) is 8.21. The van der Waals surface area contributed by atoms with Crippen molar-refractivity contribution in [2.45, 2.75) is 0 Å². The molecule has 4 aromatic rings. The topological polar surface area (TPSA) is 97.5 Å². The Morgan fingerprint density at radius 2 is 1.66 bits per heavy atom. The van der Waals surface area contributed by atoms with Crippen LogP contribution in [0.1, 0.15) is 0 Å². The normalized spacial score (nSPS) is 13.7. The minimum atomic E-state index is -0.230. The smallest absolute Gasteiger partial charge is 0.292 e. The molecule has 5 rings (SSSR count). The van der Waals surface area contributed by atoms with Gasteiger partial charge in [-0.1, -0.05) is 12.1 Å². The lowest BCUT2D eigenvalue weighted by atomic mass is 10.0. The van der Waals surface area contributed by atoms with Gasteiger partial charge in [-0.25, -0.2) is 19.3 Å². The monoisotopic (exact) mass is 474 g/mol. The molecule has 1 aliphatic heterocycles. The fraction of sp³-hybridized carbons (Fsp3) is 0.231. The van der Waals surface area contributed by atoms with E-state index in [-0.39, 0.29) is 5.82 Å². The van der Waals surface area contributed by atoms with E-state index < -0.39 is 0 Å². The van der Waals surface area contributed by atoms with Crippen LogP contribution in [-0.4, -0.2) is 66.7 Å². The number of methoxy groups -OCH3 is 1. The van der Waals surface area contributed by atoms with Gasteiger partial charge < -0.3 is 20.3 Å². The average molecular weight is 475 g/mol. The van der Waals surface area contributed by atoms with Crippen molar-refractivity contribution in [3.8, 4) is 22.4 Å². The van der Waals surface area contributed by atoms with E-state index >= 15 is 4.39 Å². The number of piperazine rings is 1. The van der Waals surface area contributed by atoms with Gasteiger partial charge in [0.05, 0.1) is 24.0 Å². The molecule has 2 aromatic carbocycles. The van der Waals surface area contributed by atoms with Crippen molar-refractivity contribution in [3.05, 3.63) is 66.9 Å². The van der Waals surface area contributed by atoms with Crippen molar-refractivity contribution in [1.29, 1.82) is 0 Å². The fourth-order valence-corrected chi connectivity index (χ4v) is 4.05. The second-order valence-corrected chi connectivity index (χ2v) is 8.21. The fourth-order valence-electron chi connectivity index (χ4n) is 4.05. The van der Waals surface area contributed by atoms with Crippen LogP contribution in [0.25, 0.3) is 33.3 Å². The number of nitrogens with zero attached hydrogens (tertiary/aromatic N) is 5. The van der Waals surface area contributed by atoms with Gasteiger partial charge in [-0.3, -0.25) is 4.79 Å². The summed E-state index contributed by atoms with van der Waals surface area (Å²) in [5.41, 5.74) is 10.7. The molecular weight excluding hydrogens is 447 g/mol. The van der Waals surface area contributed by atoms with E-state index in [1.54, 1.807) is 12.3 Å². The molecule has 0 amide bonds. The number of carbonyl (C=O) groups is 1. The van der Waals surface area contributed by atoms with Crippen molar-refractivity contribution in [3.63, 3.8) is 0 Å². The van der Waals surface area contributed by atoms with E-state index in [1.807, 2.05) is 42.5 Å². The predicted octanol–water partition coefficient (Wildman–Crippen LogP) is 3.62. The lowest BCUT2D eigenvalue weighted by Gasteiger charge is -2.34. The zero-order valence-corrected chi connectivity index (χ0v) is 19.7. The summed E-state index contributed by atoms with van der Waals surface area (Å²) in [5.74, 6) is 0.232. The molecule has 35 heavy (non-hydrogen) atoms. The number of benzene rings is 2. The van der Waals surface area contributed by atoms with Crippen molar-refractivity contribution in [2.75, 3.05) is 51.0 Å². The summed E-state index contributed by atoms with van der Waals surface area (Å²) < 4.78 is 18.9. The molecule has 2 aromatic heterocycles. The number of halogens is 1. The number of nitrogens with two attached hydrogens (primary N) is 1. The molecule has 1 fully saturated rings. The van der Waals surface area contributed by atoms with Crippen LogP contribution < -0.4 is 10.6 Å². The number of rotatable bonds is 4. The van der Waals surface area contributed by atoms with E-state index in [0.29, 0.717) is 23.7 Å². The van der Waals surface area contributed by atoms with Crippen molar-refractivity contribution in [2.24, 2.45) is 0 Å². The highest BCUT2D eigenvalue weighted by Gasteiger charge is 2.18. The van der Waals surface area contributed by atoms with Crippen molar-refractivity contribution < 1.29 is 13.9 Å². The molecule has 0 radical (unpaired) electrons. The van der Waals surface area contributed by atoms with Crippen LogP contribution in [0, 0.1) is 5.82 Å². The van der Waals surface area contributed by atoms with Gasteiger partial charge in [0, 0.05) is 43.3 Å². The first-order chi connectivity index (χ1) is 17.0. The molecule has 9 heteroatoms. The SMILES string of the molecule is CN1CCN(c2ccc(-c3ncnc4ccc(-c5ccnc(N)c5)cc34)cc2F)CC1.COC=O. The Kier molecular flexibility index (Phi) is 7.47. The molecule has 180 valence electrons. The van der Waals surface area contributed by atoms with Crippen LogP contribution in [0.3, 0.4) is 0 Å². The van der Waals surface area contributed by atoms with Crippen LogP contribution in [0.15, 0.2) is 61.1 Å². The molecule has 0 saturated carbocycles. The van der Waals surface area contributed by atoms with Crippen LogP contribution in [-0.2, 0) is 9.53 Å². The maximum Gasteiger partial charge on any atom is 0.292 e. The molecule has 1 saturated heterocycles. The summed E-state index contributed by atoms with van der Waals surface area (Å²) in [4.78, 5) is 26.2. The largest absolute Gasteiger partial charge is 0.471 e. The minimum absolute atomic E-state index is 0.230. The molecule has 2 N–H and O–H groups in total. The molecule has 0 bridgehead atoms. The summed E-state index contributed by atoms with van der Waals surface area (Å²) in [7, 11) is 3.40. The van der Waals surface area contributed by atoms with E-state index in [9.17, 15) is 0 Å². The number of hydrogen-bond acceptors (Lipinski definition) is 8. The highest BCUT2D eigenvalue weighted by Crippen LogP contribution is 2.32. The number of likely N-dealkylation sites (N-methyl/N-ethyl adjacent to an activating group) is 1. The molecule has 0 unspecified atom stereocenters. The average Bonchev–Trinajstić information content (AvgIpc) is 2.89. The van der Waals surface area contributed by atoms with Crippen LogP contribution in [0.2, 0.25) is 0 Å². The summed E-state index contributed by atoms with van der Waals surface area (Å²) in [6, 6.07) is 15.1. The van der Waals surface area contributed by atoms with Gasteiger partial charge in [0.25, 0.3) is 6.47 Å². The molecule has 1 aliphatic rings. The third kappa shape index (κ3) is 5.52. The number of carbonyl (C=O) groups excluding carboxylic acids is 1. The Morgan fingerprint density at radius 3 is 2.34 bits per heavy atom. The second kappa shape index (κ2) is 10.9. The van der Waals surface area contributed by atoms with Gasteiger partial charge in [0.15, 0.2) is 0 Å². The van der Waals surface area contributed by atoms with Gasteiger partial charge in [-0.2, -0.15) is 0 Å². The zero-order valence-electron chi connectivity index (χ0n) is 19.7. The molecular formula is C26H27FN6O2. The molecule has 8 nitrogen and oxygen atoms in total. The van der Waals surface area contributed by atoms with E-state index in [0.717, 1.165) is 53.8 Å². The number of anilines is 2. The third-order valence-electron chi connectivity index (χ3n) is 5.91.